The van der Waals surface area contributed by atoms with Gasteiger partial charge in [-0.15, -0.1) is 0 Å². The summed E-state index contributed by atoms with van der Waals surface area (Å²) >= 11 is 0. The Bertz CT molecular complexity index is 2500. The Morgan fingerprint density at radius 1 is 0.196 bits per heavy atom. The number of hydrogen-bond acceptors (Lipinski definition) is 2. The van der Waals surface area contributed by atoms with E-state index in [9.17, 15) is 0 Å². The predicted molar refractivity (Wildman–Crippen MR) is 238 cm³/mol. The fraction of sp³-hybridized carbons (Fsp3) is 0. The molecule has 0 aliphatic rings. The van der Waals surface area contributed by atoms with E-state index in [0.29, 0.717) is 0 Å². The molecule has 2 heteroatoms. The summed E-state index contributed by atoms with van der Waals surface area (Å²) in [5.41, 5.74) is 15.8. The SMILES string of the molecule is c1ccc(-c2ccc(N(c3ccc(-c4ccccc4)cc3)c3cc(N(c4ccccc4)c4ccccc4)c(-c4ccccc4)cc3-c3ccccc3)cc2)cc1. The molecule has 0 aliphatic carbocycles. The molecule has 9 rings (SSSR count). The Hall–Kier alpha value is -7.42. The Balaban J connectivity index is 1.33. The van der Waals surface area contributed by atoms with Crippen LogP contribution in [0.5, 0.6) is 0 Å². The summed E-state index contributed by atoms with van der Waals surface area (Å²) in [5.74, 6) is 0. The molecule has 0 spiro atoms. The van der Waals surface area contributed by atoms with E-state index >= 15 is 0 Å². The quantitative estimate of drug-likeness (QED) is 0.139. The number of rotatable bonds is 10. The number of para-hydroxylation sites is 2. The van der Waals surface area contributed by atoms with Gasteiger partial charge in [0.15, 0.2) is 0 Å². The Labute approximate surface area is 329 Å². The van der Waals surface area contributed by atoms with Crippen LogP contribution < -0.4 is 9.80 Å². The number of nitrogens with zero attached hydrogens (tertiary/aromatic N) is 2. The van der Waals surface area contributed by atoms with Crippen molar-refractivity contribution >= 4 is 34.1 Å². The van der Waals surface area contributed by atoms with Crippen molar-refractivity contribution in [1.29, 1.82) is 0 Å². The minimum absolute atomic E-state index is 1.07. The summed E-state index contributed by atoms with van der Waals surface area (Å²) in [6.07, 6.45) is 0. The summed E-state index contributed by atoms with van der Waals surface area (Å²) in [7, 11) is 0. The highest BCUT2D eigenvalue weighted by Gasteiger charge is 2.25. The molecule has 0 saturated carbocycles. The maximum Gasteiger partial charge on any atom is 0.0561 e. The van der Waals surface area contributed by atoms with Crippen LogP contribution in [-0.2, 0) is 0 Å². The van der Waals surface area contributed by atoms with Crippen molar-refractivity contribution in [1.82, 2.24) is 0 Å². The lowest BCUT2D eigenvalue weighted by Gasteiger charge is -2.33. The van der Waals surface area contributed by atoms with E-state index in [0.717, 1.165) is 56.4 Å². The Kier molecular flexibility index (Phi) is 9.75. The molecule has 9 aromatic carbocycles. The first kappa shape index (κ1) is 34.4. The highest BCUT2D eigenvalue weighted by Crippen LogP contribution is 2.49. The zero-order valence-electron chi connectivity index (χ0n) is 31.0. The van der Waals surface area contributed by atoms with Crippen LogP contribution in [0.1, 0.15) is 0 Å². The minimum atomic E-state index is 1.07. The molecule has 0 fully saturated rings. The zero-order chi connectivity index (χ0) is 37.5. The lowest BCUT2D eigenvalue weighted by molar-refractivity contribution is 1.25. The number of benzene rings is 9. The van der Waals surface area contributed by atoms with Crippen molar-refractivity contribution in [2.45, 2.75) is 0 Å². The molecule has 2 nitrogen and oxygen atoms in total. The van der Waals surface area contributed by atoms with E-state index in [1.54, 1.807) is 0 Å². The van der Waals surface area contributed by atoms with Crippen LogP contribution >= 0.6 is 0 Å². The predicted octanol–water partition coefficient (Wildman–Crippen LogP) is 15.3. The highest BCUT2D eigenvalue weighted by molar-refractivity contribution is 5.98. The molecular weight excluding hydrogens is 677 g/mol. The summed E-state index contributed by atoms with van der Waals surface area (Å²) in [5, 5.41) is 0. The fourth-order valence-corrected chi connectivity index (χ4v) is 7.52. The van der Waals surface area contributed by atoms with Gasteiger partial charge in [-0.05, 0) is 94.0 Å². The standard InChI is InChI=1S/C54H40N2/c1-7-19-41(20-8-1)43-31-35-49(36-32-43)56(50-37-33-44(34-38-50)42-21-9-2-10-22-42)54-40-53(55(47-27-15-5-16-28-47)48-29-17-6-18-30-48)51(45-23-11-3-12-24-45)39-52(54)46-25-13-4-14-26-46/h1-40H. The van der Waals surface area contributed by atoms with Crippen molar-refractivity contribution in [3.8, 4) is 44.5 Å². The van der Waals surface area contributed by atoms with Crippen molar-refractivity contribution in [2.24, 2.45) is 0 Å². The zero-order valence-corrected chi connectivity index (χ0v) is 31.0. The molecule has 56 heavy (non-hydrogen) atoms. The number of anilines is 6. The van der Waals surface area contributed by atoms with E-state index in [2.05, 4.69) is 252 Å². The third-order valence-corrected chi connectivity index (χ3v) is 10.3. The molecular formula is C54H40N2. The Morgan fingerprint density at radius 2 is 0.446 bits per heavy atom. The van der Waals surface area contributed by atoms with Gasteiger partial charge in [0.2, 0.25) is 0 Å². The van der Waals surface area contributed by atoms with Crippen molar-refractivity contribution in [3.63, 3.8) is 0 Å². The van der Waals surface area contributed by atoms with E-state index in [1.807, 2.05) is 0 Å². The third kappa shape index (κ3) is 7.12. The Morgan fingerprint density at radius 3 is 0.768 bits per heavy atom. The topological polar surface area (TPSA) is 6.48 Å². The van der Waals surface area contributed by atoms with Gasteiger partial charge < -0.3 is 9.80 Å². The lowest BCUT2D eigenvalue weighted by atomic mass is 9.93. The summed E-state index contributed by atoms with van der Waals surface area (Å²) < 4.78 is 0. The molecule has 266 valence electrons. The van der Waals surface area contributed by atoms with Gasteiger partial charge >= 0.3 is 0 Å². The second-order valence-corrected chi connectivity index (χ2v) is 13.8. The second kappa shape index (κ2) is 15.9. The first-order valence-electron chi connectivity index (χ1n) is 19.1. The first-order chi connectivity index (χ1) is 27.8. The first-order valence-corrected chi connectivity index (χ1v) is 19.1. The highest BCUT2D eigenvalue weighted by atomic mass is 15.2. The van der Waals surface area contributed by atoms with Crippen LogP contribution in [0.4, 0.5) is 34.1 Å². The molecule has 0 N–H and O–H groups in total. The van der Waals surface area contributed by atoms with Crippen molar-refractivity contribution in [2.75, 3.05) is 9.80 Å². The molecule has 0 aromatic heterocycles. The van der Waals surface area contributed by atoms with Gasteiger partial charge in [-0.3, -0.25) is 0 Å². The van der Waals surface area contributed by atoms with E-state index < -0.39 is 0 Å². The molecule has 9 aromatic rings. The van der Waals surface area contributed by atoms with Crippen LogP contribution in [0.2, 0.25) is 0 Å². The molecule has 0 amide bonds. The van der Waals surface area contributed by atoms with Gasteiger partial charge in [0.25, 0.3) is 0 Å². The number of hydrogen-bond donors (Lipinski definition) is 0. The second-order valence-electron chi connectivity index (χ2n) is 13.8. The maximum absolute atomic E-state index is 2.42. The molecule has 0 atom stereocenters. The van der Waals surface area contributed by atoms with Gasteiger partial charge in [-0.2, -0.15) is 0 Å². The monoisotopic (exact) mass is 716 g/mol. The molecule has 0 aliphatic heterocycles. The molecule has 0 saturated heterocycles. The van der Waals surface area contributed by atoms with Crippen molar-refractivity contribution < 1.29 is 0 Å². The van der Waals surface area contributed by atoms with Crippen LogP contribution in [0, 0.1) is 0 Å². The lowest BCUT2D eigenvalue weighted by Crippen LogP contribution is -2.15. The summed E-state index contributed by atoms with van der Waals surface area (Å²) in [4.78, 5) is 4.80. The summed E-state index contributed by atoms with van der Waals surface area (Å²) in [6, 6.07) is 86.8. The smallest absolute Gasteiger partial charge is 0.0561 e. The fourth-order valence-electron chi connectivity index (χ4n) is 7.52. The minimum Gasteiger partial charge on any atom is -0.310 e. The van der Waals surface area contributed by atoms with Gasteiger partial charge in [0.05, 0.1) is 11.4 Å². The van der Waals surface area contributed by atoms with Gasteiger partial charge in [0, 0.05) is 33.9 Å². The molecule has 0 bridgehead atoms. The molecule has 0 heterocycles. The normalized spacial score (nSPS) is 10.9. The molecule has 0 unspecified atom stereocenters. The van der Waals surface area contributed by atoms with Crippen LogP contribution in [0.15, 0.2) is 243 Å². The third-order valence-electron chi connectivity index (χ3n) is 10.3. The van der Waals surface area contributed by atoms with Gasteiger partial charge in [-0.1, -0.05) is 182 Å². The van der Waals surface area contributed by atoms with Crippen LogP contribution in [-0.4, -0.2) is 0 Å². The average Bonchev–Trinajstić information content (AvgIpc) is 3.29. The maximum atomic E-state index is 2.42. The van der Waals surface area contributed by atoms with Crippen LogP contribution in [0.3, 0.4) is 0 Å². The molecule has 0 radical (unpaired) electrons. The van der Waals surface area contributed by atoms with E-state index in [1.165, 1.54) is 22.3 Å². The van der Waals surface area contributed by atoms with Crippen LogP contribution in [0.25, 0.3) is 44.5 Å². The largest absolute Gasteiger partial charge is 0.310 e. The van der Waals surface area contributed by atoms with Crippen molar-refractivity contribution in [3.05, 3.63) is 243 Å². The van der Waals surface area contributed by atoms with E-state index in [4.69, 9.17) is 0 Å². The summed E-state index contributed by atoms with van der Waals surface area (Å²) in [6.45, 7) is 0. The van der Waals surface area contributed by atoms with Gasteiger partial charge in [-0.25, -0.2) is 0 Å². The average molecular weight is 717 g/mol. The van der Waals surface area contributed by atoms with Gasteiger partial charge in [0.1, 0.15) is 0 Å². The van der Waals surface area contributed by atoms with E-state index in [-0.39, 0.29) is 0 Å².